The van der Waals surface area contributed by atoms with Crippen LogP contribution in [0.1, 0.15) is 37.9 Å². The van der Waals surface area contributed by atoms with E-state index in [1.165, 1.54) is 5.57 Å². The highest BCUT2D eigenvalue weighted by Crippen LogP contribution is 2.35. The fourth-order valence-electron chi connectivity index (χ4n) is 3.53. The molecular weight excluding hydrogens is 489 g/mol. The number of nitrogens with zero attached hydrogens (tertiary/aromatic N) is 1. The molecule has 5 heteroatoms. The molecule has 1 aliphatic heterocycles. The molecule has 2 aromatic rings. The summed E-state index contributed by atoms with van der Waals surface area (Å²) in [5.74, 6) is 1.03. The SMILES string of the molecule is C=C(C1=CCOC1CC/C(=C/c1cc(I)c(O)c(OC)c1)c1ccccn1)C(C)C. The maximum atomic E-state index is 10.1. The van der Waals surface area contributed by atoms with Gasteiger partial charge in [0.15, 0.2) is 11.5 Å². The van der Waals surface area contributed by atoms with Crippen LogP contribution in [0.25, 0.3) is 11.6 Å². The first-order valence-electron chi connectivity index (χ1n) is 10.1. The summed E-state index contributed by atoms with van der Waals surface area (Å²) in [4.78, 5) is 4.56. The van der Waals surface area contributed by atoms with Gasteiger partial charge in [-0.3, -0.25) is 4.98 Å². The van der Waals surface area contributed by atoms with Crippen molar-refractivity contribution in [3.8, 4) is 11.5 Å². The third-order valence-corrected chi connectivity index (χ3v) is 6.12. The molecular formula is C25H28INO3. The third kappa shape index (κ3) is 5.32. The van der Waals surface area contributed by atoms with Crippen LogP contribution in [0.15, 0.2) is 60.3 Å². The second-order valence-corrected chi connectivity index (χ2v) is 8.80. The lowest BCUT2D eigenvalue weighted by molar-refractivity contribution is 0.117. The molecule has 1 N–H and O–H groups in total. The number of aromatic nitrogens is 1. The Hall–Kier alpha value is -2.12. The summed E-state index contributed by atoms with van der Waals surface area (Å²) in [6.45, 7) is 9.23. The van der Waals surface area contributed by atoms with Crippen LogP contribution in [0.5, 0.6) is 11.5 Å². The van der Waals surface area contributed by atoms with E-state index in [0.717, 1.165) is 38.8 Å². The number of phenols is 1. The average Bonchev–Trinajstić information content (AvgIpc) is 3.21. The van der Waals surface area contributed by atoms with Crippen LogP contribution in [0, 0.1) is 9.49 Å². The standard InChI is InChI=1S/C25H28INO3/c1-16(2)17(3)20-10-12-30-23(20)9-8-19(22-7-5-6-11-27-22)13-18-14-21(26)25(28)24(15-18)29-4/h5-7,10-11,13-16,23,28H,3,8-9,12H2,1-2,4H3/b19-13-. The Kier molecular flexibility index (Phi) is 7.72. The van der Waals surface area contributed by atoms with Gasteiger partial charge in [-0.2, -0.15) is 0 Å². The molecule has 0 saturated carbocycles. The number of rotatable bonds is 8. The van der Waals surface area contributed by atoms with Crippen molar-refractivity contribution in [3.05, 3.63) is 75.2 Å². The Bertz CT molecular complexity index is 964. The number of methoxy groups -OCH3 is 1. The summed E-state index contributed by atoms with van der Waals surface area (Å²) < 4.78 is 12.1. The normalized spacial score (nSPS) is 16.6. The maximum Gasteiger partial charge on any atom is 0.171 e. The minimum Gasteiger partial charge on any atom is -0.504 e. The van der Waals surface area contributed by atoms with Gasteiger partial charge in [0.1, 0.15) is 0 Å². The summed E-state index contributed by atoms with van der Waals surface area (Å²) >= 11 is 2.12. The van der Waals surface area contributed by atoms with Gasteiger partial charge in [-0.15, -0.1) is 0 Å². The number of phenolic OH excluding ortho intramolecular Hbond substituents is 1. The van der Waals surface area contributed by atoms with E-state index in [1.54, 1.807) is 7.11 Å². The molecule has 30 heavy (non-hydrogen) atoms. The van der Waals surface area contributed by atoms with Gasteiger partial charge < -0.3 is 14.6 Å². The van der Waals surface area contributed by atoms with Gasteiger partial charge >= 0.3 is 0 Å². The highest BCUT2D eigenvalue weighted by atomic mass is 127. The van der Waals surface area contributed by atoms with Crippen LogP contribution in [-0.2, 0) is 4.74 Å². The second-order valence-electron chi connectivity index (χ2n) is 7.64. The van der Waals surface area contributed by atoms with Crippen LogP contribution in [0.4, 0.5) is 0 Å². The molecule has 1 aliphatic rings. The summed E-state index contributed by atoms with van der Waals surface area (Å²) in [5.41, 5.74) is 5.39. The van der Waals surface area contributed by atoms with Gasteiger partial charge in [0.05, 0.1) is 29.1 Å². The van der Waals surface area contributed by atoms with Gasteiger partial charge in [0.25, 0.3) is 0 Å². The quantitative estimate of drug-likeness (QED) is 0.420. The van der Waals surface area contributed by atoms with E-state index < -0.39 is 0 Å². The fourth-order valence-corrected chi connectivity index (χ4v) is 4.16. The molecule has 1 aromatic heterocycles. The molecule has 1 unspecified atom stereocenters. The molecule has 3 rings (SSSR count). The molecule has 0 fully saturated rings. The number of pyridine rings is 1. The largest absolute Gasteiger partial charge is 0.504 e. The number of halogens is 1. The smallest absolute Gasteiger partial charge is 0.171 e. The number of aromatic hydroxyl groups is 1. The van der Waals surface area contributed by atoms with Crippen molar-refractivity contribution in [1.29, 1.82) is 0 Å². The number of hydrogen-bond donors (Lipinski definition) is 1. The molecule has 4 nitrogen and oxygen atoms in total. The van der Waals surface area contributed by atoms with Gasteiger partial charge in [-0.25, -0.2) is 0 Å². The molecule has 1 aromatic carbocycles. The zero-order valence-electron chi connectivity index (χ0n) is 17.7. The van der Waals surface area contributed by atoms with E-state index in [4.69, 9.17) is 9.47 Å². The Morgan fingerprint density at radius 1 is 1.40 bits per heavy atom. The third-order valence-electron chi connectivity index (χ3n) is 5.30. The summed E-state index contributed by atoms with van der Waals surface area (Å²) in [6.07, 6.45) is 7.80. The first-order valence-corrected chi connectivity index (χ1v) is 11.2. The molecule has 1 atom stereocenters. The van der Waals surface area contributed by atoms with Gasteiger partial charge in [-0.1, -0.05) is 32.6 Å². The molecule has 0 amide bonds. The first kappa shape index (κ1) is 22.6. The zero-order chi connectivity index (χ0) is 21.7. The molecule has 0 spiro atoms. The van der Waals surface area contributed by atoms with Crippen molar-refractivity contribution in [3.63, 3.8) is 0 Å². The Morgan fingerprint density at radius 2 is 2.20 bits per heavy atom. The predicted octanol–water partition coefficient (Wildman–Crippen LogP) is 6.26. The van der Waals surface area contributed by atoms with Crippen molar-refractivity contribution in [2.75, 3.05) is 13.7 Å². The van der Waals surface area contributed by atoms with Crippen molar-refractivity contribution in [2.45, 2.75) is 32.8 Å². The highest BCUT2D eigenvalue weighted by molar-refractivity contribution is 14.1. The lowest BCUT2D eigenvalue weighted by Crippen LogP contribution is -2.13. The van der Waals surface area contributed by atoms with E-state index in [2.05, 4.69) is 60.2 Å². The minimum absolute atomic E-state index is 0.0569. The van der Waals surface area contributed by atoms with E-state index in [1.807, 2.05) is 36.5 Å². The second kappa shape index (κ2) is 10.3. The summed E-state index contributed by atoms with van der Waals surface area (Å²) in [6, 6.07) is 9.72. The van der Waals surface area contributed by atoms with Crippen LogP contribution in [0.3, 0.4) is 0 Å². The average molecular weight is 517 g/mol. The number of allylic oxidation sites excluding steroid dienone is 1. The molecule has 0 bridgehead atoms. The Morgan fingerprint density at radius 3 is 2.87 bits per heavy atom. The lowest BCUT2D eigenvalue weighted by Gasteiger charge is -2.19. The predicted molar refractivity (Wildman–Crippen MR) is 131 cm³/mol. The Balaban J connectivity index is 1.88. The minimum atomic E-state index is 0.0569. The van der Waals surface area contributed by atoms with Gasteiger partial charge in [0.2, 0.25) is 0 Å². The van der Waals surface area contributed by atoms with E-state index in [9.17, 15) is 5.11 Å². The molecule has 2 heterocycles. The van der Waals surface area contributed by atoms with E-state index in [0.29, 0.717) is 18.3 Å². The topological polar surface area (TPSA) is 51.6 Å². The van der Waals surface area contributed by atoms with Gasteiger partial charge in [-0.05, 0) is 94.0 Å². The monoisotopic (exact) mass is 517 g/mol. The number of ether oxygens (including phenoxy) is 2. The first-order chi connectivity index (χ1) is 14.4. The molecule has 0 aliphatic carbocycles. The zero-order valence-corrected chi connectivity index (χ0v) is 19.8. The van der Waals surface area contributed by atoms with Crippen LogP contribution in [0.2, 0.25) is 0 Å². The van der Waals surface area contributed by atoms with E-state index in [-0.39, 0.29) is 11.9 Å². The van der Waals surface area contributed by atoms with Crippen LogP contribution >= 0.6 is 22.6 Å². The lowest BCUT2D eigenvalue weighted by atomic mass is 9.90. The van der Waals surface area contributed by atoms with Crippen molar-refractivity contribution in [2.24, 2.45) is 5.92 Å². The van der Waals surface area contributed by atoms with E-state index >= 15 is 0 Å². The number of benzene rings is 1. The Labute approximate surface area is 192 Å². The van der Waals surface area contributed by atoms with Gasteiger partial charge in [0, 0.05) is 6.20 Å². The van der Waals surface area contributed by atoms with Crippen molar-refractivity contribution in [1.82, 2.24) is 4.98 Å². The van der Waals surface area contributed by atoms with Crippen molar-refractivity contribution >= 4 is 34.2 Å². The van der Waals surface area contributed by atoms with Crippen LogP contribution in [-0.4, -0.2) is 29.9 Å². The highest BCUT2D eigenvalue weighted by Gasteiger charge is 2.24. The molecule has 158 valence electrons. The summed E-state index contributed by atoms with van der Waals surface area (Å²) in [5, 5.41) is 10.1. The number of hydrogen-bond acceptors (Lipinski definition) is 4. The summed E-state index contributed by atoms with van der Waals surface area (Å²) in [7, 11) is 1.56. The fraction of sp³-hybridized carbons (Fsp3) is 0.320. The molecule has 0 saturated heterocycles. The molecule has 0 radical (unpaired) electrons. The van der Waals surface area contributed by atoms with Crippen LogP contribution < -0.4 is 4.74 Å². The van der Waals surface area contributed by atoms with Crippen molar-refractivity contribution < 1.29 is 14.6 Å². The maximum absolute atomic E-state index is 10.1.